The van der Waals surface area contributed by atoms with Gasteiger partial charge in [0, 0.05) is 17.3 Å². The Labute approximate surface area is 125 Å². The van der Waals surface area contributed by atoms with Gasteiger partial charge >= 0.3 is 0 Å². The highest BCUT2D eigenvalue weighted by molar-refractivity contribution is 6.33. The number of rotatable bonds is 2. The summed E-state index contributed by atoms with van der Waals surface area (Å²) in [7, 11) is 1.51. The lowest BCUT2D eigenvalue weighted by Gasteiger charge is -2.08. The Morgan fingerprint density at radius 1 is 1.19 bits per heavy atom. The van der Waals surface area contributed by atoms with Gasteiger partial charge < -0.3 is 14.9 Å². The SMILES string of the molecule is COc1cccc2oc(-c3cc(N)ccc3Cl)cc(=O)c12. The minimum atomic E-state index is -0.192. The summed E-state index contributed by atoms with van der Waals surface area (Å²) in [6, 6.07) is 11.6. The van der Waals surface area contributed by atoms with E-state index in [9.17, 15) is 4.79 Å². The number of benzene rings is 2. The molecule has 2 N–H and O–H groups in total. The maximum absolute atomic E-state index is 12.3. The molecule has 4 nitrogen and oxygen atoms in total. The van der Waals surface area contributed by atoms with E-state index in [-0.39, 0.29) is 5.43 Å². The summed E-state index contributed by atoms with van der Waals surface area (Å²) in [5.41, 5.74) is 7.14. The van der Waals surface area contributed by atoms with E-state index in [1.165, 1.54) is 13.2 Å². The van der Waals surface area contributed by atoms with Crippen molar-refractivity contribution in [3.63, 3.8) is 0 Å². The molecule has 0 spiro atoms. The zero-order valence-corrected chi connectivity index (χ0v) is 12.0. The standard InChI is InChI=1S/C16H12ClNO3/c1-20-13-3-2-4-14-16(13)12(19)8-15(21-14)10-7-9(18)5-6-11(10)17/h2-8H,18H2,1H3. The smallest absolute Gasteiger partial charge is 0.197 e. The van der Waals surface area contributed by atoms with Crippen LogP contribution in [0.1, 0.15) is 0 Å². The molecule has 0 amide bonds. The molecule has 1 aromatic heterocycles. The fourth-order valence-corrected chi connectivity index (χ4v) is 2.42. The number of nitrogens with two attached hydrogens (primary N) is 1. The third-order valence-electron chi connectivity index (χ3n) is 3.19. The van der Waals surface area contributed by atoms with Crippen LogP contribution in [0.25, 0.3) is 22.3 Å². The maximum Gasteiger partial charge on any atom is 0.197 e. The Bertz CT molecular complexity index is 886. The number of hydrogen-bond acceptors (Lipinski definition) is 4. The zero-order chi connectivity index (χ0) is 15.0. The third kappa shape index (κ3) is 2.34. The average molecular weight is 302 g/mol. The predicted molar refractivity (Wildman–Crippen MR) is 83.9 cm³/mol. The summed E-state index contributed by atoms with van der Waals surface area (Å²) in [5, 5.41) is 0.873. The van der Waals surface area contributed by atoms with Crippen LogP contribution in [-0.4, -0.2) is 7.11 Å². The number of fused-ring (bicyclic) bond motifs is 1. The summed E-state index contributed by atoms with van der Waals surface area (Å²) in [5.74, 6) is 0.851. The Balaban J connectivity index is 2.31. The molecule has 0 bridgehead atoms. The number of nitrogen functional groups attached to an aromatic ring is 1. The monoisotopic (exact) mass is 301 g/mol. The number of anilines is 1. The van der Waals surface area contributed by atoms with Gasteiger partial charge in [-0.25, -0.2) is 0 Å². The molecule has 0 aliphatic heterocycles. The van der Waals surface area contributed by atoms with Gasteiger partial charge in [-0.15, -0.1) is 0 Å². The van der Waals surface area contributed by atoms with Crippen LogP contribution < -0.4 is 15.9 Å². The lowest BCUT2D eigenvalue weighted by molar-refractivity contribution is 0.419. The molecule has 21 heavy (non-hydrogen) atoms. The molecule has 3 aromatic rings. The second kappa shape index (κ2) is 5.14. The molecule has 0 atom stereocenters. The van der Waals surface area contributed by atoms with Crippen molar-refractivity contribution in [2.24, 2.45) is 0 Å². The van der Waals surface area contributed by atoms with Gasteiger partial charge in [-0.2, -0.15) is 0 Å². The van der Waals surface area contributed by atoms with Gasteiger partial charge in [0.25, 0.3) is 0 Å². The highest BCUT2D eigenvalue weighted by Crippen LogP contribution is 2.32. The molecule has 2 aromatic carbocycles. The molecule has 0 radical (unpaired) electrons. The Kier molecular flexibility index (Phi) is 3.31. The Morgan fingerprint density at radius 3 is 2.76 bits per heavy atom. The van der Waals surface area contributed by atoms with Gasteiger partial charge in [0.1, 0.15) is 22.5 Å². The lowest BCUT2D eigenvalue weighted by atomic mass is 10.1. The van der Waals surface area contributed by atoms with E-state index in [4.69, 9.17) is 26.5 Å². The molecule has 1 heterocycles. The topological polar surface area (TPSA) is 65.5 Å². The Hall–Kier alpha value is -2.46. The van der Waals surface area contributed by atoms with Crippen molar-refractivity contribution in [2.45, 2.75) is 0 Å². The quantitative estimate of drug-likeness (QED) is 0.733. The highest BCUT2D eigenvalue weighted by atomic mass is 35.5. The first-order valence-corrected chi connectivity index (χ1v) is 6.64. The molecule has 0 fully saturated rings. The van der Waals surface area contributed by atoms with E-state index in [1.54, 1.807) is 36.4 Å². The van der Waals surface area contributed by atoms with Crippen LogP contribution in [0.2, 0.25) is 5.02 Å². The molecule has 0 aliphatic carbocycles. The van der Waals surface area contributed by atoms with Crippen molar-refractivity contribution in [3.8, 4) is 17.1 Å². The van der Waals surface area contributed by atoms with Crippen molar-refractivity contribution in [2.75, 3.05) is 12.8 Å². The van der Waals surface area contributed by atoms with Gasteiger partial charge in [0.05, 0.1) is 12.1 Å². The van der Waals surface area contributed by atoms with Crippen LogP contribution in [0, 0.1) is 0 Å². The lowest BCUT2D eigenvalue weighted by Crippen LogP contribution is -2.02. The van der Waals surface area contributed by atoms with E-state index in [2.05, 4.69) is 0 Å². The van der Waals surface area contributed by atoms with Crippen LogP contribution in [0.4, 0.5) is 5.69 Å². The largest absolute Gasteiger partial charge is 0.496 e. The Morgan fingerprint density at radius 2 is 2.00 bits per heavy atom. The summed E-state index contributed by atoms with van der Waals surface area (Å²) in [4.78, 5) is 12.3. The summed E-state index contributed by atoms with van der Waals surface area (Å²) in [6.07, 6.45) is 0. The first-order valence-electron chi connectivity index (χ1n) is 6.26. The van der Waals surface area contributed by atoms with Gasteiger partial charge in [-0.3, -0.25) is 4.79 Å². The highest BCUT2D eigenvalue weighted by Gasteiger charge is 2.13. The summed E-state index contributed by atoms with van der Waals surface area (Å²) >= 11 is 6.15. The fourth-order valence-electron chi connectivity index (χ4n) is 2.21. The molecule has 0 aliphatic rings. The van der Waals surface area contributed by atoms with Crippen LogP contribution in [-0.2, 0) is 0 Å². The second-order valence-electron chi connectivity index (χ2n) is 4.55. The molecule has 0 unspecified atom stereocenters. The number of halogens is 1. The molecular formula is C16H12ClNO3. The van der Waals surface area contributed by atoms with E-state index < -0.39 is 0 Å². The summed E-state index contributed by atoms with van der Waals surface area (Å²) < 4.78 is 11.0. The van der Waals surface area contributed by atoms with E-state index >= 15 is 0 Å². The van der Waals surface area contributed by atoms with Crippen molar-refractivity contribution >= 4 is 28.3 Å². The summed E-state index contributed by atoms with van der Waals surface area (Å²) in [6.45, 7) is 0. The number of ether oxygens (including phenoxy) is 1. The van der Waals surface area contributed by atoms with Crippen LogP contribution >= 0.6 is 11.6 Å². The molecular weight excluding hydrogens is 290 g/mol. The first kappa shape index (κ1) is 13.5. The van der Waals surface area contributed by atoms with Crippen molar-refractivity contribution in [3.05, 3.63) is 57.7 Å². The van der Waals surface area contributed by atoms with Crippen molar-refractivity contribution < 1.29 is 9.15 Å². The van der Waals surface area contributed by atoms with Gasteiger partial charge in [0.2, 0.25) is 0 Å². The maximum atomic E-state index is 12.3. The van der Waals surface area contributed by atoms with E-state index in [1.807, 2.05) is 0 Å². The van der Waals surface area contributed by atoms with E-state index in [0.29, 0.717) is 38.8 Å². The number of hydrogen-bond donors (Lipinski definition) is 1. The molecule has 3 rings (SSSR count). The third-order valence-corrected chi connectivity index (χ3v) is 3.52. The second-order valence-corrected chi connectivity index (χ2v) is 4.95. The predicted octanol–water partition coefficient (Wildman–Crippen LogP) is 3.70. The molecule has 0 saturated heterocycles. The number of methoxy groups -OCH3 is 1. The van der Waals surface area contributed by atoms with Gasteiger partial charge in [-0.1, -0.05) is 17.7 Å². The molecule has 0 saturated carbocycles. The van der Waals surface area contributed by atoms with Crippen LogP contribution in [0.3, 0.4) is 0 Å². The van der Waals surface area contributed by atoms with Gasteiger partial charge in [0.15, 0.2) is 5.43 Å². The van der Waals surface area contributed by atoms with Crippen molar-refractivity contribution in [1.29, 1.82) is 0 Å². The normalized spacial score (nSPS) is 10.8. The fraction of sp³-hybridized carbons (Fsp3) is 0.0625. The van der Waals surface area contributed by atoms with Crippen LogP contribution in [0.5, 0.6) is 5.75 Å². The first-order chi connectivity index (χ1) is 10.1. The minimum absolute atomic E-state index is 0.192. The molecule has 5 heteroatoms. The van der Waals surface area contributed by atoms with Gasteiger partial charge in [-0.05, 0) is 30.3 Å². The average Bonchev–Trinajstić information content (AvgIpc) is 2.48. The van der Waals surface area contributed by atoms with Crippen molar-refractivity contribution in [1.82, 2.24) is 0 Å². The minimum Gasteiger partial charge on any atom is -0.496 e. The molecule has 106 valence electrons. The van der Waals surface area contributed by atoms with Crippen LogP contribution in [0.15, 0.2) is 51.7 Å². The zero-order valence-electron chi connectivity index (χ0n) is 11.2. The van der Waals surface area contributed by atoms with E-state index in [0.717, 1.165) is 0 Å².